The van der Waals surface area contributed by atoms with Crippen molar-refractivity contribution < 1.29 is 28.2 Å². The molecule has 0 radical (unpaired) electrons. The predicted octanol–water partition coefficient (Wildman–Crippen LogP) is 3.87. The number of anilines is 1. The number of hydrogen-bond donors (Lipinski definition) is 3. The van der Waals surface area contributed by atoms with Gasteiger partial charge in [0, 0.05) is 12.1 Å². The number of nitrogens with zero attached hydrogens (tertiary/aromatic N) is 2. The van der Waals surface area contributed by atoms with Crippen molar-refractivity contribution in [2.45, 2.75) is 38.7 Å². The van der Waals surface area contributed by atoms with Gasteiger partial charge >= 0.3 is 11.9 Å². The van der Waals surface area contributed by atoms with Gasteiger partial charge in [0.15, 0.2) is 0 Å². The number of methoxy groups -OCH3 is 1. The number of halogens is 2. The normalized spacial score (nSPS) is 17.9. The molecule has 0 spiro atoms. The van der Waals surface area contributed by atoms with E-state index < -0.39 is 23.6 Å². The molecule has 1 aromatic heterocycles. The highest BCUT2D eigenvalue weighted by atomic mass is 35.5. The number of carbonyl (C=O) groups is 2. The number of ether oxygens (including phenoxy) is 3. The number of aryl methyl sites for hydroxylation is 1. The molecule has 0 saturated heterocycles. The van der Waals surface area contributed by atoms with Gasteiger partial charge in [-0.05, 0) is 50.3 Å². The Hall–Kier alpha value is -3.73. The van der Waals surface area contributed by atoms with Crippen LogP contribution >= 0.6 is 11.6 Å². The van der Waals surface area contributed by atoms with Crippen LogP contribution in [0.1, 0.15) is 31.2 Å². The maximum Gasteiger partial charge on any atom is 0.311 e. The van der Waals surface area contributed by atoms with Gasteiger partial charge in [-0.25, -0.2) is 9.37 Å². The van der Waals surface area contributed by atoms with E-state index in [1.54, 1.807) is 13.0 Å². The number of rotatable bonds is 5. The lowest BCUT2D eigenvalue weighted by Gasteiger charge is -2.27. The average Bonchev–Trinajstić information content (AvgIpc) is 2.83. The zero-order chi connectivity index (χ0) is 25.5. The first-order chi connectivity index (χ1) is 16.7. The Morgan fingerprint density at radius 1 is 1.26 bits per heavy atom. The fourth-order valence-electron chi connectivity index (χ4n) is 3.51. The fourth-order valence-corrected chi connectivity index (χ4v) is 3.63. The number of aromatic nitrogens is 1. The molecule has 12 heteroatoms. The van der Waals surface area contributed by atoms with Crippen LogP contribution in [0.4, 0.5) is 15.8 Å². The fraction of sp³-hybridized carbons (Fsp3) is 0.348. The summed E-state index contributed by atoms with van der Waals surface area (Å²) in [5.74, 6) is -2.30. The Balaban J connectivity index is 1.53. The summed E-state index contributed by atoms with van der Waals surface area (Å²) in [7, 11) is 1.39. The number of amides is 1. The summed E-state index contributed by atoms with van der Waals surface area (Å²) in [5, 5.41) is 10.2. The van der Waals surface area contributed by atoms with Gasteiger partial charge in [-0.3, -0.25) is 15.0 Å². The maximum atomic E-state index is 13.5. The molecular weight excluding hydrogens is 481 g/mol. The molecule has 35 heavy (non-hydrogen) atoms. The van der Waals surface area contributed by atoms with Gasteiger partial charge in [0.1, 0.15) is 11.9 Å². The molecule has 4 N–H and O–H groups in total. The van der Waals surface area contributed by atoms with E-state index in [1.807, 2.05) is 0 Å². The summed E-state index contributed by atoms with van der Waals surface area (Å²) in [6, 6.07) is 4.86. The molecule has 1 fully saturated rings. The molecular formula is C23H25ClFN5O5. The van der Waals surface area contributed by atoms with E-state index in [4.69, 9.17) is 37.0 Å². The first-order valence-corrected chi connectivity index (χ1v) is 11.1. The minimum atomic E-state index is -0.884. The molecule has 3 rings (SSSR count). The SMILES string of the molecule is COC(=O)C1CCC(Oc2cc(C)c(NC(=O)C(=N)OC(N)=Nc3ccc(Cl)c(F)c3)cn2)CC1. The molecule has 0 unspecified atom stereocenters. The van der Waals surface area contributed by atoms with Crippen LogP contribution in [-0.2, 0) is 19.1 Å². The third kappa shape index (κ3) is 7.12. The van der Waals surface area contributed by atoms with E-state index in [0.717, 1.165) is 6.07 Å². The van der Waals surface area contributed by atoms with E-state index in [0.29, 0.717) is 42.8 Å². The minimum Gasteiger partial charge on any atom is -0.474 e. The Kier molecular flexibility index (Phi) is 8.58. The monoisotopic (exact) mass is 505 g/mol. The number of nitrogens with one attached hydrogen (secondary N) is 2. The first kappa shape index (κ1) is 25.9. The second-order valence-corrected chi connectivity index (χ2v) is 8.29. The number of hydrogen-bond acceptors (Lipinski definition) is 8. The van der Waals surface area contributed by atoms with Crippen molar-refractivity contribution in [1.29, 1.82) is 5.41 Å². The Bertz CT molecular complexity index is 1150. The third-order valence-electron chi connectivity index (χ3n) is 5.39. The third-order valence-corrected chi connectivity index (χ3v) is 5.69. The lowest BCUT2D eigenvalue weighted by Crippen LogP contribution is -2.30. The molecule has 186 valence electrons. The second kappa shape index (κ2) is 11.6. The van der Waals surface area contributed by atoms with Crippen molar-refractivity contribution in [2.75, 3.05) is 12.4 Å². The number of pyridine rings is 1. The summed E-state index contributed by atoms with van der Waals surface area (Å²) >= 11 is 5.61. The summed E-state index contributed by atoms with van der Waals surface area (Å²) in [6.07, 6.45) is 4.13. The molecule has 1 aliphatic rings. The van der Waals surface area contributed by atoms with E-state index >= 15 is 0 Å². The van der Waals surface area contributed by atoms with Gasteiger partial charge in [0.05, 0.1) is 35.6 Å². The van der Waals surface area contributed by atoms with Crippen LogP contribution in [0.15, 0.2) is 35.5 Å². The highest BCUT2D eigenvalue weighted by molar-refractivity contribution is 6.40. The van der Waals surface area contributed by atoms with Crippen LogP contribution in [0.3, 0.4) is 0 Å². The minimum absolute atomic E-state index is 0.0683. The van der Waals surface area contributed by atoms with E-state index in [2.05, 4.69) is 15.3 Å². The van der Waals surface area contributed by atoms with E-state index in [1.165, 1.54) is 25.4 Å². The van der Waals surface area contributed by atoms with Crippen LogP contribution in [-0.4, -0.2) is 42.0 Å². The Labute approximate surface area is 206 Å². The molecule has 0 bridgehead atoms. The molecule has 10 nitrogen and oxygen atoms in total. The molecule has 0 aliphatic heterocycles. The average molecular weight is 506 g/mol. The van der Waals surface area contributed by atoms with Crippen LogP contribution in [0.2, 0.25) is 5.02 Å². The van der Waals surface area contributed by atoms with Gasteiger partial charge in [0.25, 0.3) is 11.9 Å². The second-order valence-electron chi connectivity index (χ2n) is 7.89. The van der Waals surface area contributed by atoms with Gasteiger partial charge in [-0.2, -0.15) is 4.99 Å². The smallest absolute Gasteiger partial charge is 0.311 e. The molecule has 1 heterocycles. The van der Waals surface area contributed by atoms with Crippen molar-refractivity contribution in [1.82, 2.24) is 4.98 Å². The van der Waals surface area contributed by atoms with Crippen molar-refractivity contribution >= 4 is 46.8 Å². The summed E-state index contributed by atoms with van der Waals surface area (Å²) in [5.41, 5.74) is 6.70. The standard InChI is InChI=1S/C23H25ClFN5O5/c1-12-9-19(34-15-6-3-13(4-7-15)22(32)33-2)28-11-18(12)30-21(31)20(26)35-23(27)29-14-5-8-16(24)17(25)10-14/h5,8-11,13,15,26H,3-4,6-7H2,1-2H3,(H2,27,29)(H,30,31). The molecule has 1 aromatic carbocycles. The van der Waals surface area contributed by atoms with Crippen molar-refractivity contribution in [2.24, 2.45) is 16.6 Å². The van der Waals surface area contributed by atoms with Gasteiger partial charge in [0.2, 0.25) is 5.88 Å². The number of esters is 1. The highest BCUT2D eigenvalue weighted by Crippen LogP contribution is 2.29. The van der Waals surface area contributed by atoms with Crippen LogP contribution in [0, 0.1) is 24.1 Å². The van der Waals surface area contributed by atoms with Crippen molar-refractivity contribution in [3.05, 3.63) is 46.9 Å². The molecule has 1 aliphatic carbocycles. The summed E-state index contributed by atoms with van der Waals surface area (Å²) in [6.45, 7) is 1.74. The van der Waals surface area contributed by atoms with Crippen molar-refractivity contribution in [3.63, 3.8) is 0 Å². The van der Waals surface area contributed by atoms with Crippen molar-refractivity contribution in [3.8, 4) is 5.88 Å². The Morgan fingerprint density at radius 3 is 2.60 bits per heavy atom. The number of amidine groups is 1. The number of nitrogens with two attached hydrogens (primary N) is 1. The first-order valence-electron chi connectivity index (χ1n) is 10.7. The zero-order valence-corrected chi connectivity index (χ0v) is 19.9. The molecule has 0 atom stereocenters. The van der Waals surface area contributed by atoms with Gasteiger partial charge < -0.3 is 25.3 Å². The maximum absolute atomic E-state index is 13.5. The van der Waals surface area contributed by atoms with Crippen LogP contribution in [0.25, 0.3) is 0 Å². The predicted molar refractivity (Wildman–Crippen MR) is 127 cm³/mol. The topological polar surface area (TPSA) is 149 Å². The number of carbonyl (C=O) groups excluding carboxylic acids is 2. The molecule has 2 aromatic rings. The largest absolute Gasteiger partial charge is 0.474 e. The van der Waals surface area contributed by atoms with Crippen LogP contribution in [0.5, 0.6) is 5.88 Å². The van der Waals surface area contributed by atoms with E-state index in [-0.39, 0.29) is 28.7 Å². The summed E-state index contributed by atoms with van der Waals surface area (Å²) in [4.78, 5) is 32.0. The Morgan fingerprint density at radius 2 is 1.97 bits per heavy atom. The quantitative estimate of drug-likeness (QED) is 0.317. The number of aliphatic imine (C=N–C) groups is 1. The number of benzene rings is 1. The lowest BCUT2D eigenvalue weighted by atomic mass is 9.87. The molecule has 1 amide bonds. The lowest BCUT2D eigenvalue weighted by molar-refractivity contribution is -0.147. The zero-order valence-electron chi connectivity index (χ0n) is 19.1. The van der Waals surface area contributed by atoms with Crippen LogP contribution < -0.4 is 15.8 Å². The highest BCUT2D eigenvalue weighted by Gasteiger charge is 2.28. The van der Waals surface area contributed by atoms with Gasteiger partial charge in [-0.1, -0.05) is 11.6 Å². The van der Waals surface area contributed by atoms with E-state index in [9.17, 15) is 14.0 Å². The molecule has 1 saturated carbocycles. The summed E-state index contributed by atoms with van der Waals surface area (Å²) < 4.78 is 29.1. The van der Waals surface area contributed by atoms with Gasteiger partial charge in [-0.15, -0.1) is 0 Å².